The Kier molecular flexibility index (Phi) is 10.2. The Morgan fingerprint density at radius 2 is 1.59 bits per heavy atom. The van der Waals surface area contributed by atoms with Gasteiger partial charge in [-0.05, 0) is 63.4 Å². The van der Waals surface area contributed by atoms with Crippen LogP contribution in [0.1, 0.15) is 50.3 Å². The second kappa shape index (κ2) is 13.3. The normalized spacial score (nSPS) is 12.0. The summed E-state index contributed by atoms with van der Waals surface area (Å²) < 4.78 is 5.83. The summed E-state index contributed by atoms with van der Waals surface area (Å²) in [6.45, 7) is 8.49. The number of carbonyl (C=O) groups excluding carboxylic acids is 2. The van der Waals surface area contributed by atoms with Gasteiger partial charge in [0.1, 0.15) is 11.8 Å². The maximum Gasteiger partial charge on any atom is 0.243 e. The molecule has 1 N–H and O–H groups in total. The summed E-state index contributed by atoms with van der Waals surface area (Å²) in [5.74, 6) is 0.475. The zero-order chi connectivity index (χ0) is 26.8. The number of nitrogens with one attached hydrogen (secondary N) is 1. The van der Waals surface area contributed by atoms with Crippen molar-refractivity contribution in [3.8, 4) is 5.75 Å². The van der Waals surface area contributed by atoms with E-state index in [-0.39, 0.29) is 24.8 Å². The van der Waals surface area contributed by atoms with Crippen LogP contribution in [0.5, 0.6) is 5.75 Å². The number of amides is 2. The first kappa shape index (κ1) is 28.3. The van der Waals surface area contributed by atoms with Crippen molar-refractivity contribution in [2.24, 2.45) is 0 Å². The molecule has 0 aliphatic rings. The fraction of sp³-hybridized carbons (Fsp3) is 0.355. The Labute approximate surface area is 225 Å². The lowest BCUT2D eigenvalue weighted by atomic mass is 10.00. The summed E-state index contributed by atoms with van der Waals surface area (Å²) in [7, 11) is 0. The summed E-state index contributed by atoms with van der Waals surface area (Å²) in [6, 6.07) is 24.4. The fourth-order valence-corrected chi connectivity index (χ4v) is 4.20. The zero-order valence-corrected chi connectivity index (χ0v) is 22.9. The first-order valence-electron chi connectivity index (χ1n) is 12.7. The van der Waals surface area contributed by atoms with E-state index < -0.39 is 11.6 Å². The molecule has 1 atom stereocenters. The molecule has 3 aromatic carbocycles. The van der Waals surface area contributed by atoms with E-state index in [1.165, 1.54) is 0 Å². The third kappa shape index (κ3) is 9.25. The van der Waals surface area contributed by atoms with Crippen LogP contribution in [0.15, 0.2) is 78.9 Å². The monoisotopic (exact) mass is 520 g/mol. The zero-order valence-electron chi connectivity index (χ0n) is 22.2. The van der Waals surface area contributed by atoms with Gasteiger partial charge in [0, 0.05) is 29.9 Å². The number of aryl methyl sites for hydroxylation is 1. The van der Waals surface area contributed by atoms with Gasteiger partial charge in [-0.1, -0.05) is 77.8 Å². The molecule has 0 saturated carbocycles. The highest BCUT2D eigenvalue weighted by atomic mass is 35.5. The van der Waals surface area contributed by atoms with Crippen molar-refractivity contribution in [3.63, 3.8) is 0 Å². The van der Waals surface area contributed by atoms with Crippen LogP contribution >= 0.6 is 11.6 Å². The van der Waals surface area contributed by atoms with E-state index >= 15 is 0 Å². The van der Waals surface area contributed by atoms with Gasteiger partial charge in [-0.2, -0.15) is 0 Å². The molecule has 3 rings (SSSR count). The van der Waals surface area contributed by atoms with Crippen LogP contribution in [0, 0.1) is 6.92 Å². The number of nitrogens with zero attached hydrogens (tertiary/aromatic N) is 1. The van der Waals surface area contributed by atoms with Crippen molar-refractivity contribution >= 4 is 23.4 Å². The minimum absolute atomic E-state index is 0.114. The average Bonchev–Trinajstić information content (AvgIpc) is 2.85. The highest BCUT2D eigenvalue weighted by Gasteiger charge is 2.32. The predicted octanol–water partition coefficient (Wildman–Crippen LogP) is 6.36. The third-order valence-corrected chi connectivity index (χ3v) is 6.26. The number of rotatable bonds is 11. The first-order valence-corrected chi connectivity index (χ1v) is 13.1. The first-order chi connectivity index (χ1) is 17.6. The number of benzene rings is 3. The number of carbonyl (C=O) groups is 2. The van der Waals surface area contributed by atoms with Gasteiger partial charge in [-0.3, -0.25) is 9.59 Å². The van der Waals surface area contributed by atoms with E-state index in [0.29, 0.717) is 24.5 Å². The van der Waals surface area contributed by atoms with Crippen LogP contribution in [-0.4, -0.2) is 34.9 Å². The fourth-order valence-electron chi connectivity index (χ4n) is 4.01. The molecule has 0 radical (unpaired) electrons. The maximum atomic E-state index is 13.7. The number of hydrogen-bond donors (Lipinski definition) is 1. The lowest BCUT2D eigenvalue weighted by molar-refractivity contribution is -0.142. The molecule has 1 unspecified atom stereocenters. The van der Waals surface area contributed by atoms with Crippen molar-refractivity contribution in [3.05, 3.63) is 101 Å². The number of ether oxygens (including phenoxy) is 1. The molecule has 0 aromatic heterocycles. The third-order valence-electron chi connectivity index (χ3n) is 5.89. The van der Waals surface area contributed by atoms with E-state index in [9.17, 15) is 9.59 Å². The molecular weight excluding hydrogens is 484 g/mol. The van der Waals surface area contributed by atoms with Crippen molar-refractivity contribution in [1.29, 1.82) is 0 Å². The highest BCUT2D eigenvalue weighted by Crippen LogP contribution is 2.22. The Bertz CT molecular complexity index is 1160. The van der Waals surface area contributed by atoms with Gasteiger partial charge in [-0.15, -0.1) is 0 Å². The van der Waals surface area contributed by atoms with Gasteiger partial charge in [-0.25, -0.2) is 0 Å². The maximum absolute atomic E-state index is 13.7. The molecule has 2 amide bonds. The van der Waals surface area contributed by atoms with Crippen molar-refractivity contribution < 1.29 is 14.3 Å². The van der Waals surface area contributed by atoms with E-state index in [4.69, 9.17) is 16.3 Å². The van der Waals surface area contributed by atoms with Gasteiger partial charge in [0.2, 0.25) is 11.8 Å². The Morgan fingerprint density at radius 1 is 0.946 bits per heavy atom. The standard InChI is InChI=1S/C31H37ClN2O3/c1-23-16-18-26(19-17-23)37-20-10-15-29(35)34(22-25-13-8-9-14-27(25)32)28(30(36)33-31(2,3)4)21-24-11-6-5-7-12-24/h5-9,11-14,16-19,28H,10,15,20-22H2,1-4H3,(H,33,36). The van der Waals surface area contributed by atoms with Gasteiger partial charge in [0.25, 0.3) is 0 Å². The van der Waals surface area contributed by atoms with Crippen LogP contribution in [0.25, 0.3) is 0 Å². The molecule has 3 aromatic rings. The molecule has 0 aliphatic heterocycles. The smallest absolute Gasteiger partial charge is 0.243 e. The van der Waals surface area contributed by atoms with E-state index in [1.54, 1.807) is 11.0 Å². The number of hydrogen-bond acceptors (Lipinski definition) is 3. The van der Waals surface area contributed by atoms with Gasteiger partial charge in [0.05, 0.1) is 6.61 Å². The van der Waals surface area contributed by atoms with Gasteiger partial charge >= 0.3 is 0 Å². The van der Waals surface area contributed by atoms with E-state index in [0.717, 1.165) is 22.4 Å². The van der Waals surface area contributed by atoms with Crippen LogP contribution < -0.4 is 10.1 Å². The second-order valence-electron chi connectivity index (χ2n) is 10.3. The minimum Gasteiger partial charge on any atom is -0.494 e. The van der Waals surface area contributed by atoms with Crippen LogP contribution in [0.3, 0.4) is 0 Å². The quantitative estimate of drug-likeness (QED) is 0.299. The van der Waals surface area contributed by atoms with Crippen LogP contribution in [0.2, 0.25) is 5.02 Å². The summed E-state index contributed by atoms with van der Waals surface area (Å²) in [6.07, 6.45) is 1.19. The molecule has 0 bridgehead atoms. The topological polar surface area (TPSA) is 58.6 Å². The summed E-state index contributed by atoms with van der Waals surface area (Å²) in [4.78, 5) is 28.9. The van der Waals surface area contributed by atoms with Gasteiger partial charge in [0.15, 0.2) is 0 Å². The highest BCUT2D eigenvalue weighted by molar-refractivity contribution is 6.31. The second-order valence-corrected chi connectivity index (χ2v) is 10.7. The summed E-state index contributed by atoms with van der Waals surface area (Å²) in [5.41, 5.74) is 2.51. The molecule has 6 heteroatoms. The largest absolute Gasteiger partial charge is 0.494 e. The Morgan fingerprint density at radius 3 is 2.24 bits per heavy atom. The lowest BCUT2D eigenvalue weighted by Gasteiger charge is -2.34. The van der Waals surface area contributed by atoms with E-state index in [2.05, 4.69) is 5.32 Å². The lowest BCUT2D eigenvalue weighted by Crippen LogP contribution is -2.54. The molecule has 196 valence electrons. The van der Waals surface area contributed by atoms with Crippen molar-refractivity contribution in [2.75, 3.05) is 6.61 Å². The predicted molar refractivity (Wildman–Crippen MR) is 150 cm³/mol. The van der Waals surface area contributed by atoms with Gasteiger partial charge < -0.3 is 15.0 Å². The number of halogens is 1. The molecule has 37 heavy (non-hydrogen) atoms. The molecule has 0 saturated heterocycles. The van der Waals surface area contributed by atoms with E-state index in [1.807, 2.05) is 100 Å². The molecular formula is C31H37ClN2O3. The Balaban J connectivity index is 1.81. The Hall–Kier alpha value is -3.31. The molecule has 0 aliphatic carbocycles. The molecule has 0 heterocycles. The molecule has 0 spiro atoms. The average molecular weight is 521 g/mol. The van der Waals surface area contributed by atoms with Crippen LogP contribution in [-0.2, 0) is 22.6 Å². The molecule has 0 fully saturated rings. The summed E-state index contributed by atoms with van der Waals surface area (Å²) in [5, 5.41) is 3.65. The van der Waals surface area contributed by atoms with Crippen LogP contribution in [0.4, 0.5) is 0 Å². The summed E-state index contributed by atoms with van der Waals surface area (Å²) >= 11 is 6.47. The van der Waals surface area contributed by atoms with Crippen molar-refractivity contribution in [1.82, 2.24) is 10.2 Å². The van der Waals surface area contributed by atoms with Crippen molar-refractivity contribution in [2.45, 2.75) is 65.1 Å². The molecule has 5 nitrogen and oxygen atoms in total. The SMILES string of the molecule is Cc1ccc(OCCCC(=O)N(Cc2ccccc2Cl)C(Cc2ccccc2)C(=O)NC(C)(C)C)cc1. The minimum atomic E-state index is -0.691.